The van der Waals surface area contributed by atoms with Gasteiger partial charge in [-0.2, -0.15) is 0 Å². The molecule has 0 saturated heterocycles. The summed E-state index contributed by atoms with van der Waals surface area (Å²) in [6, 6.07) is 13.9. The maximum atomic E-state index is 12.6. The summed E-state index contributed by atoms with van der Waals surface area (Å²) < 4.78 is 6.27. The van der Waals surface area contributed by atoms with Crippen molar-refractivity contribution in [2.75, 3.05) is 13.7 Å². The van der Waals surface area contributed by atoms with E-state index in [1.165, 1.54) is 10.9 Å². The van der Waals surface area contributed by atoms with Crippen molar-refractivity contribution in [3.8, 4) is 17.6 Å². The first-order chi connectivity index (χ1) is 13.6. The smallest absolute Gasteiger partial charge is 0.298 e. The van der Waals surface area contributed by atoms with Gasteiger partial charge < -0.3 is 14.6 Å². The second-order valence-electron chi connectivity index (χ2n) is 6.46. The Bertz CT molecular complexity index is 1010. The van der Waals surface area contributed by atoms with Gasteiger partial charge in [0, 0.05) is 41.1 Å². The van der Waals surface area contributed by atoms with Crippen LogP contribution in [0.1, 0.15) is 24.5 Å². The molecule has 0 unspecified atom stereocenters. The Morgan fingerprint density at radius 1 is 1.21 bits per heavy atom. The summed E-state index contributed by atoms with van der Waals surface area (Å²) in [6.07, 6.45) is 3.43. The highest BCUT2D eigenvalue weighted by molar-refractivity contribution is 9.10. The predicted molar refractivity (Wildman–Crippen MR) is 116 cm³/mol. The van der Waals surface area contributed by atoms with E-state index >= 15 is 0 Å². The van der Waals surface area contributed by atoms with Gasteiger partial charge in [0.2, 0.25) is 0 Å². The third-order valence-electron chi connectivity index (χ3n) is 4.58. The fraction of sp³-hybridized carbons (Fsp3) is 0.261. The van der Waals surface area contributed by atoms with Crippen molar-refractivity contribution in [1.29, 1.82) is 0 Å². The molecular weight excluding hydrogens is 416 g/mol. The summed E-state index contributed by atoms with van der Waals surface area (Å²) >= 11 is 3.63. The maximum Gasteiger partial charge on any atom is 0.298 e. The van der Waals surface area contributed by atoms with Gasteiger partial charge in [-0.3, -0.25) is 4.79 Å². The number of ether oxygens (including phenoxy) is 1. The summed E-state index contributed by atoms with van der Waals surface area (Å²) in [4.78, 5) is 17.7. The molecule has 0 bridgehead atoms. The van der Waals surface area contributed by atoms with Gasteiger partial charge in [0.15, 0.2) is 0 Å². The van der Waals surface area contributed by atoms with Gasteiger partial charge in [-0.15, -0.1) is 0 Å². The van der Waals surface area contributed by atoms with E-state index in [4.69, 9.17) is 4.74 Å². The van der Waals surface area contributed by atoms with Gasteiger partial charge in [0.05, 0.1) is 7.11 Å². The molecule has 144 valence electrons. The van der Waals surface area contributed by atoms with E-state index in [1.807, 2.05) is 49.5 Å². The quantitative estimate of drug-likeness (QED) is 0.554. The van der Waals surface area contributed by atoms with E-state index in [2.05, 4.69) is 38.8 Å². The molecule has 5 heteroatoms. The van der Waals surface area contributed by atoms with Crippen LogP contribution in [0, 0.1) is 11.8 Å². The van der Waals surface area contributed by atoms with E-state index in [9.17, 15) is 4.79 Å². The summed E-state index contributed by atoms with van der Waals surface area (Å²) in [5.74, 6) is 6.30. The Morgan fingerprint density at radius 3 is 2.71 bits per heavy atom. The lowest BCUT2D eigenvalue weighted by Gasteiger charge is -2.20. The minimum atomic E-state index is -0.142. The van der Waals surface area contributed by atoms with Crippen molar-refractivity contribution in [2.45, 2.75) is 26.3 Å². The number of halogens is 1. The van der Waals surface area contributed by atoms with E-state index in [-0.39, 0.29) is 5.91 Å². The molecule has 1 heterocycles. The zero-order valence-corrected chi connectivity index (χ0v) is 17.7. The van der Waals surface area contributed by atoms with E-state index in [0.29, 0.717) is 19.5 Å². The molecule has 0 radical (unpaired) electrons. The van der Waals surface area contributed by atoms with Crippen LogP contribution >= 0.6 is 15.9 Å². The fourth-order valence-corrected chi connectivity index (χ4v) is 3.73. The van der Waals surface area contributed by atoms with Crippen LogP contribution in [0.25, 0.3) is 10.9 Å². The number of aromatic nitrogens is 1. The minimum absolute atomic E-state index is 0.142. The van der Waals surface area contributed by atoms with Crippen LogP contribution in [0.3, 0.4) is 0 Å². The summed E-state index contributed by atoms with van der Waals surface area (Å²) in [6.45, 7) is 3.06. The number of methoxy groups -OCH3 is 1. The Kier molecular flexibility index (Phi) is 6.78. The monoisotopic (exact) mass is 438 g/mol. The van der Waals surface area contributed by atoms with Crippen LogP contribution in [0.15, 0.2) is 53.1 Å². The van der Waals surface area contributed by atoms with E-state index < -0.39 is 0 Å². The van der Waals surface area contributed by atoms with Crippen LogP contribution in [0.4, 0.5) is 0 Å². The molecule has 0 aliphatic rings. The highest BCUT2D eigenvalue weighted by Crippen LogP contribution is 2.27. The van der Waals surface area contributed by atoms with E-state index in [0.717, 1.165) is 27.7 Å². The third kappa shape index (κ3) is 4.76. The number of carbonyl (C=O) groups is 1. The first kappa shape index (κ1) is 20.0. The van der Waals surface area contributed by atoms with Gasteiger partial charge in [0.25, 0.3) is 5.91 Å². The lowest BCUT2D eigenvalue weighted by atomic mass is 10.1. The molecule has 0 aliphatic heterocycles. The maximum absolute atomic E-state index is 12.6. The van der Waals surface area contributed by atoms with Crippen LogP contribution in [0.2, 0.25) is 0 Å². The van der Waals surface area contributed by atoms with Gasteiger partial charge in [-0.05, 0) is 47.7 Å². The second-order valence-corrected chi connectivity index (χ2v) is 7.31. The zero-order chi connectivity index (χ0) is 19.9. The van der Waals surface area contributed by atoms with Gasteiger partial charge in [0.1, 0.15) is 5.75 Å². The van der Waals surface area contributed by atoms with Crippen molar-refractivity contribution in [3.05, 3.63) is 64.3 Å². The molecule has 2 aromatic carbocycles. The van der Waals surface area contributed by atoms with Crippen molar-refractivity contribution >= 4 is 32.7 Å². The fourth-order valence-electron chi connectivity index (χ4n) is 3.11. The molecule has 0 spiro atoms. The number of H-pyrrole nitrogens is 1. The van der Waals surface area contributed by atoms with Crippen LogP contribution < -0.4 is 4.74 Å². The van der Waals surface area contributed by atoms with Crippen LogP contribution in [-0.4, -0.2) is 29.4 Å². The van der Waals surface area contributed by atoms with E-state index in [1.54, 1.807) is 12.0 Å². The lowest BCUT2D eigenvalue weighted by Crippen LogP contribution is -2.31. The molecule has 3 aromatic rings. The number of benzene rings is 2. The molecule has 1 amide bonds. The van der Waals surface area contributed by atoms with Crippen LogP contribution in [0.5, 0.6) is 5.75 Å². The average molecular weight is 439 g/mol. The second kappa shape index (κ2) is 9.48. The molecule has 3 rings (SSSR count). The van der Waals surface area contributed by atoms with Crippen LogP contribution in [-0.2, 0) is 17.8 Å². The number of fused-ring (bicyclic) bond motifs is 1. The molecule has 4 nitrogen and oxygen atoms in total. The third-order valence-corrected chi connectivity index (χ3v) is 5.24. The van der Waals surface area contributed by atoms with Crippen molar-refractivity contribution in [3.63, 3.8) is 0 Å². The highest BCUT2D eigenvalue weighted by atomic mass is 79.9. The summed E-state index contributed by atoms with van der Waals surface area (Å²) in [7, 11) is 1.64. The molecule has 0 aliphatic carbocycles. The first-order valence-electron chi connectivity index (χ1n) is 9.27. The SMILES string of the molecule is CCC#CC(=O)N(CCc1c[nH]c2cccc(Br)c12)Cc1ccc(OC)cc1. The zero-order valence-electron chi connectivity index (χ0n) is 16.1. The number of aromatic amines is 1. The van der Waals surface area contributed by atoms with Crippen molar-refractivity contribution in [1.82, 2.24) is 9.88 Å². The number of hydrogen-bond donors (Lipinski definition) is 1. The molecule has 1 N–H and O–H groups in total. The van der Waals surface area contributed by atoms with Gasteiger partial charge in [-0.1, -0.05) is 47.0 Å². The molecule has 1 aromatic heterocycles. The highest BCUT2D eigenvalue weighted by Gasteiger charge is 2.14. The number of carbonyl (C=O) groups excluding carboxylic acids is 1. The van der Waals surface area contributed by atoms with Crippen molar-refractivity contribution in [2.24, 2.45) is 0 Å². The number of amides is 1. The van der Waals surface area contributed by atoms with Crippen molar-refractivity contribution < 1.29 is 9.53 Å². The molecular formula is C23H23BrN2O2. The minimum Gasteiger partial charge on any atom is -0.497 e. The largest absolute Gasteiger partial charge is 0.497 e. The Morgan fingerprint density at radius 2 is 2.00 bits per heavy atom. The standard InChI is InChI=1S/C23H23BrN2O2/c1-3-4-8-22(27)26(16-17-9-11-19(28-2)12-10-17)14-13-18-15-25-21-7-5-6-20(24)23(18)21/h5-7,9-12,15,25H,3,13-14,16H2,1-2H3. The molecule has 28 heavy (non-hydrogen) atoms. The summed E-state index contributed by atoms with van der Waals surface area (Å²) in [5.41, 5.74) is 3.31. The normalized spacial score (nSPS) is 10.4. The lowest BCUT2D eigenvalue weighted by molar-refractivity contribution is -0.125. The Balaban J connectivity index is 1.78. The number of nitrogens with zero attached hydrogens (tertiary/aromatic N) is 1. The van der Waals surface area contributed by atoms with Gasteiger partial charge in [-0.25, -0.2) is 0 Å². The average Bonchev–Trinajstić information content (AvgIpc) is 3.14. The topological polar surface area (TPSA) is 45.3 Å². The summed E-state index contributed by atoms with van der Waals surface area (Å²) in [5, 5.41) is 1.17. The Hall–Kier alpha value is -2.71. The number of rotatable bonds is 6. The predicted octanol–water partition coefficient (Wildman–Crippen LogP) is 4.92. The Labute approximate surface area is 174 Å². The molecule has 0 atom stereocenters. The number of hydrogen-bond acceptors (Lipinski definition) is 2. The first-order valence-corrected chi connectivity index (χ1v) is 10.1. The number of nitrogens with one attached hydrogen (secondary N) is 1. The molecule has 0 fully saturated rings. The van der Waals surface area contributed by atoms with Gasteiger partial charge >= 0.3 is 0 Å². The molecule has 0 saturated carbocycles.